The van der Waals surface area contributed by atoms with Gasteiger partial charge in [0.1, 0.15) is 0 Å². The van der Waals surface area contributed by atoms with Crippen molar-refractivity contribution in [2.45, 2.75) is 50.9 Å². The molecule has 1 aliphatic carbocycles. The van der Waals surface area contributed by atoms with Gasteiger partial charge in [-0.2, -0.15) is 13.2 Å². The van der Waals surface area contributed by atoms with Crippen LogP contribution in [0.5, 0.6) is 0 Å². The zero-order valence-electron chi connectivity index (χ0n) is 11.5. The Labute approximate surface area is 116 Å². The van der Waals surface area contributed by atoms with Crippen molar-refractivity contribution in [2.24, 2.45) is 17.1 Å². The molecule has 2 atom stereocenters. The maximum atomic E-state index is 12.6. The van der Waals surface area contributed by atoms with Gasteiger partial charge in [-0.1, -0.05) is 0 Å². The normalized spacial score (nSPS) is 38.8. The van der Waals surface area contributed by atoms with Crippen molar-refractivity contribution in [2.75, 3.05) is 13.2 Å². The molecule has 3 N–H and O–H groups in total. The molecule has 0 bridgehead atoms. The van der Waals surface area contributed by atoms with Crippen LogP contribution in [0.2, 0.25) is 0 Å². The number of ether oxygens (including phenoxy) is 1. The first-order chi connectivity index (χ1) is 9.23. The molecule has 0 spiro atoms. The smallest absolute Gasteiger partial charge is 0.379 e. The molecule has 0 aromatic heterocycles. The highest BCUT2D eigenvalue weighted by molar-refractivity contribution is 5.83. The van der Waals surface area contributed by atoms with Gasteiger partial charge in [0.05, 0.1) is 24.5 Å². The van der Waals surface area contributed by atoms with Crippen LogP contribution in [0.15, 0.2) is 0 Å². The van der Waals surface area contributed by atoms with Crippen molar-refractivity contribution < 1.29 is 22.7 Å². The molecule has 2 rings (SSSR count). The Hall–Kier alpha value is -0.820. The standard InChI is InChI=1S/C13H21F3N2O2/c1-12(7-20-6-10(12)17)11(19)18-9-4-2-8(3-5-9)13(14,15)16/h8-10H,2-7,17H2,1H3,(H,18,19). The number of nitrogens with two attached hydrogens (primary N) is 1. The van der Waals surface area contributed by atoms with Gasteiger partial charge in [-0.05, 0) is 32.6 Å². The minimum Gasteiger partial charge on any atom is -0.379 e. The number of amides is 1. The number of halogens is 3. The Balaban J connectivity index is 1.85. The predicted octanol–water partition coefficient (Wildman–Crippen LogP) is 1.59. The van der Waals surface area contributed by atoms with E-state index in [1.165, 1.54) is 0 Å². The largest absolute Gasteiger partial charge is 0.391 e. The highest BCUT2D eigenvalue weighted by atomic mass is 19.4. The molecule has 7 heteroatoms. The Morgan fingerprint density at radius 2 is 1.90 bits per heavy atom. The zero-order valence-corrected chi connectivity index (χ0v) is 11.5. The molecule has 2 aliphatic rings. The molecule has 2 fully saturated rings. The average molecular weight is 294 g/mol. The molecule has 2 unspecified atom stereocenters. The summed E-state index contributed by atoms with van der Waals surface area (Å²) in [6.07, 6.45) is -3.24. The molecule has 1 saturated heterocycles. The van der Waals surface area contributed by atoms with Crippen LogP contribution in [0.25, 0.3) is 0 Å². The molecule has 1 heterocycles. The molecule has 1 aliphatic heterocycles. The van der Waals surface area contributed by atoms with E-state index < -0.39 is 17.5 Å². The summed E-state index contributed by atoms with van der Waals surface area (Å²) >= 11 is 0. The van der Waals surface area contributed by atoms with Crippen LogP contribution in [0.3, 0.4) is 0 Å². The van der Waals surface area contributed by atoms with E-state index in [1.807, 2.05) is 0 Å². The Morgan fingerprint density at radius 3 is 2.35 bits per heavy atom. The average Bonchev–Trinajstić information content (AvgIpc) is 2.70. The molecule has 0 radical (unpaired) electrons. The van der Waals surface area contributed by atoms with Gasteiger partial charge in [0.25, 0.3) is 0 Å². The van der Waals surface area contributed by atoms with Gasteiger partial charge in [-0.15, -0.1) is 0 Å². The molecule has 116 valence electrons. The second-order valence-electron chi connectivity index (χ2n) is 6.10. The summed E-state index contributed by atoms with van der Waals surface area (Å²) in [5.74, 6) is -1.44. The van der Waals surface area contributed by atoms with Gasteiger partial charge in [-0.3, -0.25) is 4.79 Å². The lowest BCUT2D eigenvalue weighted by Gasteiger charge is -2.33. The first-order valence-electron chi connectivity index (χ1n) is 6.94. The van der Waals surface area contributed by atoms with Crippen molar-refractivity contribution in [3.8, 4) is 0 Å². The van der Waals surface area contributed by atoms with Crippen molar-refractivity contribution in [1.82, 2.24) is 5.32 Å². The van der Waals surface area contributed by atoms with Crippen LogP contribution in [0.1, 0.15) is 32.6 Å². The van der Waals surface area contributed by atoms with Crippen molar-refractivity contribution in [1.29, 1.82) is 0 Å². The van der Waals surface area contributed by atoms with E-state index in [1.54, 1.807) is 6.92 Å². The van der Waals surface area contributed by atoms with Gasteiger partial charge >= 0.3 is 6.18 Å². The van der Waals surface area contributed by atoms with Gasteiger partial charge in [0.2, 0.25) is 5.91 Å². The summed E-state index contributed by atoms with van der Waals surface area (Å²) in [5, 5.41) is 2.84. The first-order valence-corrected chi connectivity index (χ1v) is 6.94. The SMILES string of the molecule is CC1(C(=O)NC2CCC(C(F)(F)F)CC2)COCC1N. The Morgan fingerprint density at radius 1 is 1.30 bits per heavy atom. The number of nitrogens with one attached hydrogen (secondary N) is 1. The van der Waals surface area contributed by atoms with Crippen molar-refractivity contribution >= 4 is 5.91 Å². The van der Waals surface area contributed by atoms with Crippen LogP contribution in [0.4, 0.5) is 13.2 Å². The third-order valence-electron chi connectivity index (χ3n) is 4.56. The van der Waals surface area contributed by atoms with Gasteiger partial charge in [0, 0.05) is 12.1 Å². The molecule has 20 heavy (non-hydrogen) atoms. The molecule has 0 aromatic rings. The van der Waals surface area contributed by atoms with Gasteiger partial charge in [-0.25, -0.2) is 0 Å². The summed E-state index contributed by atoms with van der Waals surface area (Å²) in [6.45, 7) is 2.34. The number of carbonyl (C=O) groups excluding carboxylic acids is 1. The number of alkyl halides is 3. The molecule has 0 aromatic carbocycles. The molecule has 4 nitrogen and oxygen atoms in total. The fourth-order valence-corrected chi connectivity index (χ4v) is 2.84. The number of hydrogen-bond donors (Lipinski definition) is 2. The molecular formula is C13H21F3N2O2. The third-order valence-corrected chi connectivity index (χ3v) is 4.56. The highest BCUT2D eigenvalue weighted by Gasteiger charge is 2.46. The van der Waals surface area contributed by atoms with Crippen LogP contribution in [0, 0.1) is 11.3 Å². The minimum absolute atomic E-state index is 0.0771. The number of rotatable bonds is 2. The quantitative estimate of drug-likeness (QED) is 0.813. The van der Waals surface area contributed by atoms with Crippen LogP contribution in [-0.4, -0.2) is 37.4 Å². The molecule has 1 saturated carbocycles. The van der Waals surface area contributed by atoms with E-state index in [2.05, 4.69) is 5.32 Å². The van der Waals surface area contributed by atoms with Crippen LogP contribution < -0.4 is 11.1 Å². The first kappa shape index (κ1) is 15.6. The molecular weight excluding hydrogens is 273 g/mol. The zero-order chi connectivity index (χ0) is 15.0. The highest BCUT2D eigenvalue weighted by Crippen LogP contribution is 2.38. The van der Waals surface area contributed by atoms with Crippen LogP contribution >= 0.6 is 0 Å². The Kier molecular flexibility index (Phi) is 4.30. The topological polar surface area (TPSA) is 64.3 Å². The summed E-state index contributed by atoms with van der Waals surface area (Å²) in [6, 6.07) is -0.556. The van der Waals surface area contributed by atoms with Gasteiger partial charge in [0.15, 0.2) is 0 Å². The maximum absolute atomic E-state index is 12.6. The second-order valence-corrected chi connectivity index (χ2v) is 6.10. The summed E-state index contributed by atoms with van der Waals surface area (Å²) in [7, 11) is 0. The number of hydrogen-bond acceptors (Lipinski definition) is 3. The van der Waals surface area contributed by atoms with E-state index in [0.29, 0.717) is 19.4 Å². The van der Waals surface area contributed by atoms with Crippen molar-refractivity contribution in [3.63, 3.8) is 0 Å². The lowest BCUT2D eigenvalue weighted by Crippen LogP contribution is -2.53. The lowest BCUT2D eigenvalue weighted by atomic mass is 9.82. The minimum atomic E-state index is -4.12. The van der Waals surface area contributed by atoms with Crippen molar-refractivity contribution in [3.05, 3.63) is 0 Å². The Bertz CT molecular complexity index is 367. The third kappa shape index (κ3) is 3.09. The van der Waals surface area contributed by atoms with E-state index >= 15 is 0 Å². The van der Waals surface area contributed by atoms with E-state index in [4.69, 9.17) is 10.5 Å². The monoisotopic (exact) mass is 294 g/mol. The maximum Gasteiger partial charge on any atom is 0.391 e. The predicted molar refractivity (Wildman–Crippen MR) is 66.8 cm³/mol. The molecule has 1 amide bonds. The second kappa shape index (κ2) is 5.52. The van der Waals surface area contributed by atoms with E-state index in [0.717, 1.165) is 0 Å². The summed E-state index contributed by atoms with van der Waals surface area (Å²) < 4.78 is 42.9. The van der Waals surface area contributed by atoms with E-state index in [9.17, 15) is 18.0 Å². The summed E-state index contributed by atoms with van der Waals surface area (Å²) in [4.78, 5) is 12.2. The fourth-order valence-electron chi connectivity index (χ4n) is 2.84. The fraction of sp³-hybridized carbons (Fsp3) is 0.923. The lowest BCUT2D eigenvalue weighted by molar-refractivity contribution is -0.182. The number of carbonyl (C=O) groups is 1. The summed E-state index contributed by atoms with van der Waals surface area (Å²) in [5.41, 5.74) is 5.09. The van der Waals surface area contributed by atoms with Crippen LogP contribution in [-0.2, 0) is 9.53 Å². The van der Waals surface area contributed by atoms with E-state index in [-0.39, 0.29) is 37.4 Å². The van der Waals surface area contributed by atoms with Gasteiger partial charge < -0.3 is 15.8 Å².